The number of aromatic nitrogens is 3. The van der Waals surface area contributed by atoms with E-state index in [9.17, 15) is 9.90 Å². The van der Waals surface area contributed by atoms with Gasteiger partial charge in [0.1, 0.15) is 5.69 Å². The van der Waals surface area contributed by atoms with Crippen LogP contribution in [0.4, 0.5) is 0 Å². The first-order chi connectivity index (χ1) is 10.2. The number of hydrogen-bond acceptors (Lipinski definition) is 5. The summed E-state index contributed by atoms with van der Waals surface area (Å²) >= 11 is 0. The molecule has 1 aromatic heterocycles. The zero-order chi connectivity index (χ0) is 15.2. The third kappa shape index (κ3) is 3.46. The number of aliphatic hydroxyl groups is 1. The molecule has 1 unspecified atom stereocenters. The lowest BCUT2D eigenvalue weighted by Gasteiger charge is -2.11. The minimum absolute atomic E-state index is 0.0178. The summed E-state index contributed by atoms with van der Waals surface area (Å²) in [5, 5.41) is 17.2. The molecule has 6 heteroatoms. The van der Waals surface area contributed by atoms with Gasteiger partial charge in [-0.3, -0.25) is 0 Å². The second-order valence-electron chi connectivity index (χ2n) is 4.84. The quantitative estimate of drug-likeness (QED) is 0.820. The molecule has 0 radical (unpaired) electrons. The first-order valence-corrected chi connectivity index (χ1v) is 6.94. The molecule has 0 saturated heterocycles. The fourth-order valence-corrected chi connectivity index (χ4v) is 2.01. The van der Waals surface area contributed by atoms with Crippen LogP contribution < -0.4 is 0 Å². The highest BCUT2D eigenvalue weighted by molar-refractivity contribution is 5.94. The predicted octanol–water partition coefficient (Wildman–Crippen LogP) is 1.75. The van der Waals surface area contributed by atoms with E-state index in [2.05, 4.69) is 10.3 Å². The van der Waals surface area contributed by atoms with Crippen molar-refractivity contribution in [3.8, 4) is 11.3 Å². The molecule has 0 aliphatic carbocycles. The average Bonchev–Trinajstić information content (AvgIpc) is 2.92. The van der Waals surface area contributed by atoms with Crippen molar-refractivity contribution in [2.75, 3.05) is 13.2 Å². The Bertz CT molecular complexity index is 595. The van der Waals surface area contributed by atoms with Crippen LogP contribution in [0, 0.1) is 5.92 Å². The summed E-state index contributed by atoms with van der Waals surface area (Å²) in [6, 6.07) is 9.45. The third-order valence-electron chi connectivity index (χ3n) is 3.05. The van der Waals surface area contributed by atoms with Crippen LogP contribution in [-0.2, 0) is 11.3 Å². The molecule has 2 rings (SSSR count). The fourth-order valence-electron chi connectivity index (χ4n) is 2.01. The number of ether oxygens (including phenoxy) is 1. The Hall–Kier alpha value is -2.21. The van der Waals surface area contributed by atoms with Gasteiger partial charge in [0.25, 0.3) is 0 Å². The van der Waals surface area contributed by atoms with Crippen LogP contribution in [0.5, 0.6) is 0 Å². The van der Waals surface area contributed by atoms with Crippen LogP contribution in [0.25, 0.3) is 11.3 Å². The Labute approximate surface area is 123 Å². The van der Waals surface area contributed by atoms with Gasteiger partial charge in [-0.2, -0.15) is 0 Å². The van der Waals surface area contributed by atoms with Crippen molar-refractivity contribution in [1.82, 2.24) is 15.0 Å². The maximum absolute atomic E-state index is 12.0. The van der Waals surface area contributed by atoms with Gasteiger partial charge in [0.2, 0.25) is 0 Å². The van der Waals surface area contributed by atoms with Gasteiger partial charge in [-0.25, -0.2) is 9.48 Å². The molecule has 0 aliphatic rings. The molecule has 0 fully saturated rings. The molecule has 0 amide bonds. The van der Waals surface area contributed by atoms with E-state index in [0.717, 1.165) is 5.56 Å². The average molecular weight is 289 g/mol. The van der Waals surface area contributed by atoms with E-state index in [-0.39, 0.29) is 24.8 Å². The fraction of sp³-hybridized carbons (Fsp3) is 0.400. The smallest absolute Gasteiger partial charge is 0.361 e. The normalized spacial score (nSPS) is 12.1. The van der Waals surface area contributed by atoms with Crippen LogP contribution >= 0.6 is 0 Å². The number of nitrogens with zero attached hydrogens (tertiary/aromatic N) is 3. The number of hydrogen-bond donors (Lipinski definition) is 1. The highest BCUT2D eigenvalue weighted by atomic mass is 16.5. The van der Waals surface area contributed by atoms with Gasteiger partial charge < -0.3 is 9.84 Å². The number of carbonyl (C=O) groups is 1. The Morgan fingerprint density at radius 2 is 2.10 bits per heavy atom. The number of aliphatic hydroxyl groups excluding tert-OH is 1. The van der Waals surface area contributed by atoms with Crippen molar-refractivity contribution in [2.24, 2.45) is 5.92 Å². The van der Waals surface area contributed by atoms with Crippen molar-refractivity contribution in [3.63, 3.8) is 0 Å². The summed E-state index contributed by atoms with van der Waals surface area (Å²) in [6.07, 6.45) is 0. The summed E-state index contributed by atoms with van der Waals surface area (Å²) in [6.45, 7) is 4.46. The molecule has 6 nitrogen and oxygen atoms in total. The number of carbonyl (C=O) groups excluding carboxylic acids is 1. The van der Waals surface area contributed by atoms with Crippen molar-refractivity contribution in [3.05, 3.63) is 36.0 Å². The molecule has 1 atom stereocenters. The minimum atomic E-state index is -0.487. The lowest BCUT2D eigenvalue weighted by atomic mass is 10.1. The molecule has 0 saturated carbocycles. The topological polar surface area (TPSA) is 77.2 Å². The van der Waals surface area contributed by atoms with E-state index < -0.39 is 5.97 Å². The first kappa shape index (κ1) is 15.2. The minimum Gasteiger partial charge on any atom is -0.461 e. The van der Waals surface area contributed by atoms with Gasteiger partial charge in [0.15, 0.2) is 5.69 Å². The van der Waals surface area contributed by atoms with Crippen molar-refractivity contribution in [1.29, 1.82) is 0 Å². The van der Waals surface area contributed by atoms with Crippen molar-refractivity contribution < 1.29 is 14.6 Å². The van der Waals surface area contributed by atoms with Gasteiger partial charge >= 0.3 is 5.97 Å². The molecule has 0 spiro atoms. The monoisotopic (exact) mass is 289 g/mol. The molecule has 0 bridgehead atoms. The Morgan fingerprint density at radius 3 is 2.71 bits per heavy atom. The SMILES string of the molecule is CCOC(=O)c1nnn(CC(C)CO)c1-c1ccccc1. The van der Waals surface area contributed by atoms with Gasteiger partial charge in [0.05, 0.1) is 6.61 Å². The highest BCUT2D eigenvalue weighted by Gasteiger charge is 2.22. The Morgan fingerprint density at radius 1 is 1.38 bits per heavy atom. The van der Waals surface area contributed by atoms with E-state index in [1.807, 2.05) is 37.3 Å². The number of rotatable bonds is 6. The van der Waals surface area contributed by atoms with Crippen LogP contribution in [-0.4, -0.2) is 39.3 Å². The maximum atomic E-state index is 12.0. The second kappa shape index (κ2) is 6.99. The molecule has 0 aliphatic heterocycles. The molecular weight excluding hydrogens is 270 g/mol. The van der Waals surface area contributed by atoms with Gasteiger partial charge in [-0.05, 0) is 12.8 Å². The standard InChI is InChI=1S/C15H19N3O3/c1-3-21-15(20)13-14(12-7-5-4-6-8-12)18(17-16-13)9-11(2)10-19/h4-8,11,19H,3,9-10H2,1-2H3. The summed E-state index contributed by atoms with van der Waals surface area (Å²) < 4.78 is 6.67. The van der Waals surface area contributed by atoms with E-state index >= 15 is 0 Å². The third-order valence-corrected chi connectivity index (χ3v) is 3.05. The summed E-state index contributed by atoms with van der Waals surface area (Å²) in [5.41, 5.74) is 1.67. The van der Waals surface area contributed by atoms with Crippen molar-refractivity contribution >= 4 is 5.97 Å². The van der Waals surface area contributed by atoms with Crippen LogP contribution in [0.15, 0.2) is 30.3 Å². The summed E-state index contributed by atoms with van der Waals surface area (Å²) in [5.74, 6) is -0.469. The van der Waals surface area contributed by atoms with Crippen LogP contribution in [0.3, 0.4) is 0 Å². The van der Waals surface area contributed by atoms with E-state index in [0.29, 0.717) is 12.2 Å². The molecule has 1 aromatic carbocycles. The molecule has 1 N–H and O–H groups in total. The van der Waals surface area contributed by atoms with Crippen molar-refractivity contribution in [2.45, 2.75) is 20.4 Å². The maximum Gasteiger partial charge on any atom is 0.361 e. The van der Waals surface area contributed by atoms with E-state index in [1.165, 1.54) is 0 Å². The summed E-state index contributed by atoms with van der Waals surface area (Å²) in [7, 11) is 0. The predicted molar refractivity (Wildman–Crippen MR) is 77.7 cm³/mol. The van der Waals surface area contributed by atoms with Crippen LogP contribution in [0.1, 0.15) is 24.3 Å². The Balaban J connectivity index is 2.45. The van der Waals surface area contributed by atoms with Gasteiger partial charge in [-0.1, -0.05) is 42.5 Å². The Kier molecular flexibility index (Phi) is 5.05. The zero-order valence-corrected chi connectivity index (χ0v) is 12.2. The van der Waals surface area contributed by atoms with E-state index in [1.54, 1.807) is 11.6 Å². The largest absolute Gasteiger partial charge is 0.461 e. The molecule has 21 heavy (non-hydrogen) atoms. The first-order valence-electron chi connectivity index (χ1n) is 6.94. The number of esters is 1. The van der Waals surface area contributed by atoms with Gasteiger partial charge in [-0.15, -0.1) is 5.10 Å². The van der Waals surface area contributed by atoms with Crippen LogP contribution in [0.2, 0.25) is 0 Å². The molecule has 112 valence electrons. The molecule has 1 heterocycles. The number of benzene rings is 1. The zero-order valence-electron chi connectivity index (χ0n) is 12.2. The highest BCUT2D eigenvalue weighted by Crippen LogP contribution is 2.23. The van der Waals surface area contributed by atoms with Gasteiger partial charge in [0, 0.05) is 18.7 Å². The molecular formula is C15H19N3O3. The second-order valence-corrected chi connectivity index (χ2v) is 4.84. The lowest BCUT2D eigenvalue weighted by Crippen LogP contribution is -2.14. The lowest BCUT2D eigenvalue weighted by molar-refractivity contribution is 0.0520. The van der Waals surface area contributed by atoms with E-state index in [4.69, 9.17) is 4.74 Å². The summed E-state index contributed by atoms with van der Waals surface area (Å²) in [4.78, 5) is 12.0. The molecule has 2 aromatic rings.